The van der Waals surface area contributed by atoms with Gasteiger partial charge in [0.1, 0.15) is 12.3 Å². The Balaban J connectivity index is 2.05. The fourth-order valence-corrected chi connectivity index (χ4v) is 2.10. The van der Waals surface area contributed by atoms with E-state index in [-0.39, 0.29) is 23.4 Å². The Morgan fingerprint density at radius 3 is 3.05 bits per heavy atom. The van der Waals surface area contributed by atoms with Gasteiger partial charge in [0.05, 0.1) is 12.4 Å². The lowest BCUT2D eigenvalue weighted by molar-refractivity contribution is 0.0140. The van der Waals surface area contributed by atoms with Gasteiger partial charge < -0.3 is 15.6 Å². The number of aliphatic hydroxyl groups excluding tert-OH is 1. The zero-order valence-corrected chi connectivity index (χ0v) is 9.69. The van der Waals surface area contributed by atoms with Crippen molar-refractivity contribution < 1.29 is 14.2 Å². The molecule has 3 heterocycles. The van der Waals surface area contributed by atoms with Crippen molar-refractivity contribution in [1.29, 1.82) is 0 Å². The number of rotatable bonds is 1. The lowest BCUT2D eigenvalue weighted by Crippen LogP contribution is -2.17. The molecular weight excluding hydrogens is 253 g/mol. The Morgan fingerprint density at radius 1 is 1.58 bits per heavy atom. The number of hydrogen-bond donors (Lipinski definition) is 2. The second kappa shape index (κ2) is 4.15. The van der Waals surface area contributed by atoms with Gasteiger partial charge in [-0.2, -0.15) is 14.4 Å². The molecule has 0 radical (unpaired) electrons. The minimum atomic E-state index is -0.946. The highest BCUT2D eigenvalue weighted by molar-refractivity contribution is 5.81. The first-order chi connectivity index (χ1) is 9.10. The number of halogens is 1. The lowest BCUT2D eigenvalue weighted by atomic mass is 10.2. The normalized spacial score (nSPS) is 26.7. The first kappa shape index (κ1) is 11.8. The maximum atomic E-state index is 13.2. The highest BCUT2D eigenvalue weighted by Crippen LogP contribution is 2.31. The number of nitrogen functional groups attached to an aromatic ring is 1. The number of nitrogens with zero attached hydrogens (tertiary/aromatic N) is 4. The molecule has 3 atom stereocenters. The average molecular weight is 263 g/mol. The van der Waals surface area contributed by atoms with E-state index >= 15 is 0 Å². The van der Waals surface area contributed by atoms with Crippen LogP contribution in [0.4, 0.5) is 10.2 Å². The van der Waals surface area contributed by atoms with Crippen LogP contribution in [-0.4, -0.2) is 36.8 Å². The second-order valence-electron chi connectivity index (χ2n) is 4.18. The van der Waals surface area contributed by atoms with Crippen LogP contribution in [0.25, 0.3) is 11.2 Å². The summed E-state index contributed by atoms with van der Waals surface area (Å²) in [6, 6.07) is 0. The minimum Gasteiger partial charge on any atom is -0.389 e. The van der Waals surface area contributed by atoms with Crippen molar-refractivity contribution in [2.75, 3.05) is 5.73 Å². The molecule has 2 aromatic heterocycles. The van der Waals surface area contributed by atoms with E-state index in [2.05, 4.69) is 20.9 Å². The molecule has 1 aliphatic rings. The van der Waals surface area contributed by atoms with Crippen LogP contribution < -0.4 is 5.73 Å². The Morgan fingerprint density at radius 2 is 2.37 bits per heavy atom. The Bertz CT molecular complexity index is 680. The third-order valence-corrected chi connectivity index (χ3v) is 2.99. The van der Waals surface area contributed by atoms with Crippen LogP contribution in [0.5, 0.6) is 0 Å². The molecule has 3 rings (SSSR count). The zero-order chi connectivity index (χ0) is 13.6. The molecule has 0 saturated carbocycles. The molecule has 0 aliphatic carbocycles. The van der Waals surface area contributed by atoms with Crippen LogP contribution in [-0.2, 0) is 4.74 Å². The lowest BCUT2D eigenvalue weighted by Gasteiger charge is -2.12. The summed E-state index contributed by atoms with van der Waals surface area (Å²) in [6.07, 6.45) is 3.92. The monoisotopic (exact) mass is 263 g/mol. The zero-order valence-electron chi connectivity index (χ0n) is 9.69. The van der Waals surface area contributed by atoms with Gasteiger partial charge in [-0.3, -0.25) is 4.57 Å². The van der Waals surface area contributed by atoms with Crippen LogP contribution in [0.15, 0.2) is 6.33 Å². The molecule has 8 heteroatoms. The molecule has 7 nitrogen and oxygen atoms in total. The van der Waals surface area contributed by atoms with E-state index in [0.29, 0.717) is 0 Å². The summed E-state index contributed by atoms with van der Waals surface area (Å²) in [5, 5.41) is 9.71. The third kappa shape index (κ3) is 1.80. The van der Waals surface area contributed by atoms with E-state index in [1.54, 1.807) is 0 Å². The fourth-order valence-electron chi connectivity index (χ4n) is 2.10. The van der Waals surface area contributed by atoms with Gasteiger partial charge in [-0.1, -0.05) is 5.92 Å². The SMILES string of the molecule is C#C[C@H]1OC(n2cnc3c(N)nc(F)nc32)C[C@@H]1O. The number of nitrogens with two attached hydrogens (primary N) is 1. The molecule has 19 heavy (non-hydrogen) atoms. The smallest absolute Gasteiger partial charge is 0.312 e. The summed E-state index contributed by atoms with van der Waals surface area (Å²) in [6.45, 7) is 0. The van der Waals surface area contributed by atoms with Gasteiger partial charge >= 0.3 is 6.08 Å². The summed E-state index contributed by atoms with van der Waals surface area (Å²) in [5.41, 5.74) is 6.05. The number of ether oxygens (including phenoxy) is 1. The summed E-state index contributed by atoms with van der Waals surface area (Å²) < 4.78 is 20.1. The number of aliphatic hydroxyl groups is 1. The van der Waals surface area contributed by atoms with Crippen molar-refractivity contribution in [3.05, 3.63) is 12.4 Å². The maximum absolute atomic E-state index is 13.2. The van der Waals surface area contributed by atoms with Crippen LogP contribution in [0.3, 0.4) is 0 Å². The maximum Gasteiger partial charge on any atom is 0.312 e. The van der Waals surface area contributed by atoms with Gasteiger partial charge in [-0.05, 0) is 0 Å². The minimum absolute atomic E-state index is 0.0479. The van der Waals surface area contributed by atoms with Crippen LogP contribution in [0.1, 0.15) is 12.6 Å². The number of hydrogen-bond acceptors (Lipinski definition) is 6. The van der Waals surface area contributed by atoms with Gasteiger partial charge in [0.25, 0.3) is 0 Å². The molecular formula is C11H10FN5O2. The first-order valence-corrected chi connectivity index (χ1v) is 5.55. The third-order valence-electron chi connectivity index (χ3n) is 2.99. The van der Waals surface area contributed by atoms with Gasteiger partial charge in [0.2, 0.25) is 0 Å². The van der Waals surface area contributed by atoms with Gasteiger partial charge in [0.15, 0.2) is 17.0 Å². The molecule has 0 aromatic carbocycles. The van der Waals surface area contributed by atoms with E-state index in [9.17, 15) is 9.50 Å². The summed E-state index contributed by atoms with van der Waals surface area (Å²) >= 11 is 0. The van der Waals surface area contributed by atoms with E-state index in [1.165, 1.54) is 10.9 Å². The molecule has 2 aromatic rings. The van der Waals surface area contributed by atoms with Gasteiger partial charge in [-0.25, -0.2) is 4.98 Å². The molecule has 1 saturated heterocycles. The number of fused-ring (bicyclic) bond motifs is 1. The largest absolute Gasteiger partial charge is 0.389 e. The molecule has 0 spiro atoms. The van der Waals surface area contributed by atoms with Crippen LogP contribution in [0.2, 0.25) is 0 Å². The van der Waals surface area contributed by atoms with Crippen LogP contribution in [0, 0.1) is 18.4 Å². The first-order valence-electron chi connectivity index (χ1n) is 5.55. The Hall–Kier alpha value is -2.24. The molecule has 1 unspecified atom stereocenters. The molecule has 0 amide bonds. The molecule has 0 bridgehead atoms. The van der Waals surface area contributed by atoms with Crippen molar-refractivity contribution in [3.8, 4) is 12.3 Å². The summed E-state index contributed by atoms with van der Waals surface area (Å²) in [7, 11) is 0. The molecule has 98 valence electrons. The molecule has 1 aliphatic heterocycles. The quantitative estimate of drug-likeness (QED) is 0.547. The second-order valence-corrected chi connectivity index (χ2v) is 4.18. The topological polar surface area (TPSA) is 99.1 Å². The van der Waals surface area contributed by atoms with Crippen molar-refractivity contribution in [2.45, 2.75) is 24.9 Å². The number of terminal acetylenes is 1. The van der Waals surface area contributed by atoms with Gasteiger partial charge in [0, 0.05) is 6.42 Å². The fraction of sp³-hybridized carbons (Fsp3) is 0.364. The summed E-state index contributed by atoms with van der Waals surface area (Å²) in [5.74, 6) is 2.29. The number of aromatic nitrogens is 4. The molecule has 3 N–H and O–H groups in total. The standard InChI is InChI=1S/C11H10FN5O2/c1-2-6-5(18)3-7(19-6)17-4-14-8-9(13)15-11(12)16-10(8)17/h1,4-7,18H,3H2,(H2,13,15,16)/t5-,6+,7?/m0/s1. The van der Waals surface area contributed by atoms with Crippen molar-refractivity contribution in [2.24, 2.45) is 0 Å². The van der Waals surface area contributed by atoms with E-state index < -0.39 is 24.5 Å². The summed E-state index contributed by atoms with van der Waals surface area (Å²) in [4.78, 5) is 11.0. The predicted octanol–water partition coefficient (Wildman–Crippen LogP) is -0.171. The Labute approximate surface area is 107 Å². The predicted molar refractivity (Wildman–Crippen MR) is 63.1 cm³/mol. The van der Waals surface area contributed by atoms with E-state index in [4.69, 9.17) is 16.9 Å². The Kier molecular flexibility index (Phi) is 2.58. The highest BCUT2D eigenvalue weighted by Gasteiger charge is 2.34. The average Bonchev–Trinajstić information content (AvgIpc) is 2.92. The van der Waals surface area contributed by atoms with Gasteiger partial charge in [-0.15, -0.1) is 6.42 Å². The van der Waals surface area contributed by atoms with Crippen molar-refractivity contribution in [3.63, 3.8) is 0 Å². The number of imidazole rings is 1. The van der Waals surface area contributed by atoms with E-state index in [1.807, 2.05) is 0 Å². The van der Waals surface area contributed by atoms with E-state index in [0.717, 1.165) is 0 Å². The number of anilines is 1. The molecule has 1 fully saturated rings. The van der Waals surface area contributed by atoms with Crippen molar-refractivity contribution >= 4 is 17.0 Å². The van der Waals surface area contributed by atoms with Crippen molar-refractivity contribution in [1.82, 2.24) is 19.5 Å². The highest BCUT2D eigenvalue weighted by atomic mass is 19.1. The van der Waals surface area contributed by atoms with Crippen LogP contribution >= 0.6 is 0 Å².